The van der Waals surface area contributed by atoms with Gasteiger partial charge in [0.05, 0.1) is 5.69 Å². The van der Waals surface area contributed by atoms with Gasteiger partial charge in [-0.05, 0) is 88.5 Å². The molecule has 0 N–H and O–H groups in total. The van der Waals surface area contributed by atoms with Crippen LogP contribution >= 0.6 is 0 Å². The van der Waals surface area contributed by atoms with E-state index in [2.05, 4.69) is 169 Å². The zero-order valence-electron chi connectivity index (χ0n) is 31.2. The number of para-hydroxylation sites is 3. The van der Waals surface area contributed by atoms with Crippen molar-refractivity contribution in [2.24, 2.45) is 0 Å². The van der Waals surface area contributed by atoms with Crippen LogP contribution in [0.5, 0.6) is 0 Å². The molecule has 3 aromatic heterocycles. The number of nitrogens with zero attached hydrogens (tertiary/aromatic N) is 1. The molecule has 12 rings (SSSR count). The maximum Gasteiger partial charge on any atom is 0.159 e. The van der Waals surface area contributed by atoms with Crippen LogP contribution in [0.3, 0.4) is 0 Å². The minimum atomic E-state index is 0.836. The fourth-order valence-electron chi connectivity index (χ4n) is 8.75. The van der Waals surface area contributed by atoms with Gasteiger partial charge in [0.1, 0.15) is 27.9 Å². The average molecular weight is 744 g/mol. The highest BCUT2D eigenvalue weighted by Gasteiger charge is 2.22. The largest absolute Gasteiger partial charge is 0.456 e. The highest BCUT2D eigenvalue weighted by atomic mass is 16.3. The molecule has 0 fully saturated rings. The van der Waals surface area contributed by atoms with Gasteiger partial charge in [0.2, 0.25) is 0 Å². The van der Waals surface area contributed by atoms with E-state index in [4.69, 9.17) is 13.3 Å². The van der Waals surface area contributed by atoms with Crippen molar-refractivity contribution in [2.75, 3.05) is 4.90 Å². The molecular weight excluding hydrogens is 711 g/mol. The van der Waals surface area contributed by atoms with Gasteiger partial charge in [-0.3, -0.25) is 0 Å². The molecule has 9 aromatic carbocycles. The summed E-state index contributed by atoms with van der Waals surface area (Å²) in [4.78, 5) is 2.29. The van der Waals surface area contributed by atoms with Crippen molar-refractivity contribution in [1.82, 2.24) is 0 Å². The second kappa shape index (κ2) is 12.9. The first-order valence-electron chi connectivity index (χ1n) is 19.6. The van der Waals surface area contributed by atoms with E-state index in [1.54, 1.807) is 0 Å². The Hall–Kier alpha value is -7.82. The lowest BCUT2D eigenvalue weighted by Gasteiger charge is -2.26. The zero-order valence-corrected chi connectivity index (χ0v) is 31.2. The molecule has 4 nitrogen and oxygen atoms in total. The Balaban J connectivity index is 0.980. The first-order valence-corrected chi connectivity index (χ1v) is 19.6. The second-order valence-corrected chi connectivity index (χ2v) is 14.8. The fraction of sp³-hybridized carbons (Fsp3) is 0. The SMILES string of the molecule is c1ccc(-c2ccc(N(c3ccc(-c4ccc5c(c4)oc4c(-c6ccccc6)c6c(cc45)oc4ccccc46)cc3)c3cccc4c3oc3ccccc34)cc2)cc1. The molecule has 0 bridgehead atoms. The van der Waals surface area contributed by atoms with E-state index in [9.17, 15) is 0 Å². The third-order valence-corrected chi connectivity index (χ3v) is 11.5. The van der Waals surface area contributed by atoms with Crippen LogP contribution in [0.15, 0.2) is 213 Å². The molecule has 0 atom stereocenters. The van der Waals surface area contributed by atoms with Gasteiger partial charge < -0.3 is 18.2 Å². The van der Waals surface area contributed by atoms with Crippen molar-refractivity contribution < 1.29 is 13.3 Å². The summed E-state index contributed by atoms with van der Waals surface area (Å²) in [6.45, 7) is 0. The minimum absolute atomic E-state index is 0.836. The normalized spacial score (nSPS) is 11.8. The molecule has 0 aliphatic carbocycles. The van der Waals surface area contributed by atoms with Crippen LogP contribution in [0.25, 0.3) is 99.2 Å². The number of benzene rings is 9. The lowest BCUT2D eigenvalue weighted by molar-refractivity contribution is 0.664. The van der Waals surface area contributed by atoms with Gasteiger partial charge >= 0.3 is 0 Å². The molecule has 0 saturated heterocycles. The number of fused-ring (bicyclic) bond motifs is 9. The van der Waals surface area contributed by atoms with E-state index >= 15 is 0 Å². The third kappa shape index (κ3) is 5.09. The number of furan rings is 3. The van der Waals surface area contributed by atoms with E-state index in [1.807, 2.05) is 36.4 Å². The fourth-order valence-corrected chi connectivity index (χ4v) is 8.75. The highest BCUT2D eigenvalue weighted by Crippen LogP contribution is 2.46. The maximum absolute atomic E-state index is 6.85. The number of hydrogen-bond donors (Lipinski definition) is 0. The number of anilines is 3. The monoisotopic (exact) mass is 743 g/mol. The second-order valence-electron chi connectivity index (χ2n) is 14.8. The summed E-state index contributed by atoms with van der Waals surface area (Å²) in [5, 5.41) is 6.44. The van der Waals surface area contributed by atoms with E-state index < -0.39 is 0 Å². The molecule has 0 saturated carbocycles. The molecular formula is C54H33NO3. The Kier molecular flexibility index (Phi) is 7.20. The van der Waals surface area contributed by atoms with Gasteiger partial charge in [0.15, 0.2) is 5.58 Å². The molecule has 0 spiro atoms. The molecule has 12 aromatic rings. The zero-order chi connectivity index (χ0) is 38.2. The van der Waals surface area contributed by atoms with Crippen LogP contribution in [0.4, 0.5) is 17.1 Å². The van der Waals surface area contributed by atoms with Crippen LogP contribution in [0.1, 0.15) is 0 Å². The molecule has 0 radical (unpaired) electrons. The molecule has 0 aliphatic heterocycles. The topological polar surface area (TPSA) is 42.7 Å². The summed E-state index contributed by atoms with van der Waals surface area (Å²) in [5.41, 5.74) is 14.9. The summed E-state index contributed by atoms with van der Waals surface area (Å²) in [5.74, 6) is 0. The Morgan fingerprint density at radius 2 is 0.828 bits per heavy atom. The minimum Gasteiger partial charge on any atom is -0.456 e. The molecule has 272 valence electrons. The number of rotatable bonds is 6. The van der Waals surface area contributed by atoms with Gasteiger partial charge in [-0.1, -0.05) is 140 Å². The smallest absolute Gasteiger partial charge is 0.159 e. The lowest BCUT2D eigenvalue weighted by atomic mass is 9.96. The Labute approximate surface area is 333 Å². The number of hydrogen-bond acceptors (Lipinski definition) is 4. The van der Waals surface area contributed by atoms with Crippen LogP contribution in [-0.4, -0.2) is 0 Å². The summed E-state index contributed by atoms with van der Waals surface area (Å²) in [7, 11) is 0. The van der Waals surface area contributed by atoms with Crippen LogP contribution in [-0.2, 0) is 0 Å². The maximum atomic E-state index is 6.85. The van der Waals surface area contributed by atoms with Crippen molar-refractivity contribution in [3.05, 3.63) is 200 Å². The predicted octanol–water partition coefficient (Wildman–Crippen LogP) is 15.9. The van der Waals surface area contributed by atoms with Crippen molar-refractivity contribution in [1.29, 1.82) is 0 Å². The van der Waals surface area contributed by atoms with Gasteiger partial charge in [-0.15, -0.1) is 0 Å². The van der Waals surface area contributed by atoms with Crippen LogP contribution in [0.2, 0.25) is 0 Å². The van der Waals surface area contributed by atoms with E-state index in [1.165, 1.54) is 11.1 Å². The summed E-state index contributed by atoms with van der Waals surface area (Å²) < 4.78 is 19.9. The lowest BCUT2D eigenvalue weighted by Crippen LogP contribution is -2.10. The standard InChI is InChI=1S/C54H33NO3/c1-3-12-34(13-4-1)35-22-27-39(28-23-35)55(46-19-11-18-43-41-16-7-9-20-47(41)57-53(43)46)40-29-24-36(25-30-40)38-26-31-42-45-33-50-52(44-17-8-10-21-48(44)56-50)51(37-14-5-2-6-15-37)54(45)58-49(42)32-38/h1-33H. The molecule has 0 aliphatic rings. The predicted molar refractivity (Wildman–Crippen MR) is 239 cm³/mol. The van der Waals surface area contributed by atoms with Crippen molar-refractivity contribution >= 4 is 82.9 Å². The average Bonchev–Trinajstić information content (AvgIpc) is 3.98. The molecule has 0 amide bonds. The first-order chi connectivity index (χ1) is 28.7. The van der Waals surface area contributed by atoms with E-state index in [-0.39, 0.29) is 0 Å². The Morgan fingerprint density at radius 1 is 0.293 bits per heavy atom. The molecule has 4 heteroatoms. The van der Waals surface area contributed by atoms with Crippen LogP contribution < -0.4 is 4.90 Å². The van der Waals surface area contributed by atoms with Crippen LogP contribution in [0, 0.1) is 0 Å². The van der Waals surface area contributed by atoms with Crippen molar-refractivity contribution in [3.63, 3.8) is 0 Å². The summed E-state index contributed by atoms with van der Waals surface area (Å²) in [6, 6.07) is 70.0. The Bertz CT molecular complexity index is 3480. The Morgan fingerprint density at radius 3 is 1.55 bits per heavy atom. The third-order valence-electron chi connectivity index (χ3n) is 11.5. The van der Waals surface area contributed by atoms with Crippen molar-refractivity contribution in [2.45, 2.75) is 0 Å². The first kappa shape index (κ1) is 32.4. The molecule has 58 heavy (non-hydrogen) atoms. The van der Waals surface area contributed by atoms with Gasteiger partial charge in [-0.2, -0.15) is 0 Å². The molecule has 0 unspecified atom stereocenters. The molecule has 3 heterocycles. The quantitative estimate of drug-likeness (QED) is 0.170. The van der Waals surface area contributed by atoms with E-state index in [0.717, 1.165) is 105 Å². The van der Waals surface area contributed by atoms with Crippen molar-refractivity contribution in [3.8, 4) is 33.4 Å². The van der Waals surface area contributed by atoms with Gasteiger partial charge in [-0.25, -0.2) is 0 Å². The summed E-state index contributed by atoms with van der Waals surface area (Å²) in [6.07, 6.45) is 0. The highest BCUT2D eigenvalue weighted by molar-refractivity contribution is 6.23. The summed E-state index contributed by atoms with van der Waals surface area (Å²) >= 11 is 0. The van der Waals surface area contributed by atoms with Gasteiger partial charge in [0.25, 0.3) is 0 Å². The van der Waals surface area contributed by atoms with E-state index in [0.29, 0.717) is 0 Å². The van der Waals surface area contributed by atoms with Gasteiger partial charge in [0, 0.05) is 49.3 Å².